The number of nitrogens with zero attached hydrogens (tertiary/aromatic N) is 3. The zero-order chi connectivity index (χ0) is 24.3. The van der Waals surface area contributed by atoms with Crippen LogP contribution < -0.4 is 4.74 Å². The van der Waals surface area contributed by atoms with Gasteiger partial charge in [-0.05, 0) is 36.6 Å². The number of aromatic hydroxyl groups is 1. The van der Waals surface area contributed by atoms with Crippen LogP contribution in [0, 0.1) is 0 Å². The predicted molar refractivity (Wildman–Crippen MR) is 122 cm³/mol. The van der Waals surface area contributed by atoms with Crippen LogP contribution in [0.2, 0.25) is 0 Å². The van der Waals surface area contributed by atoms with E-state index in [9.17, 15) is 14.7 Å². The Balaban J connectivity index is 1.84. The Labute approximate surface area is 191 Å². The summed E-state index contributed by atoms with van der Waals surface area (Å²) in [6, 6.07) is 8.17. The van der Waals surface area contributed by atoms with Crippen LogP contribution in [0.1, 0.15) is 43.6 Å². The SMILES string of the molecule is C=C(C)C(=O)OCCOC(=O)c1ccc2nn(-c3cc(OC)cc(C(C)(C)C)c3O)nc2c1. The van der Waals surface area contributed by atoms with Gasteiger partial charge in [0.2, 0.25) is 0 Å². The smallest absolute Gasteiger partial charge is 0.338 e. The molecule has 0 radical (unpaired) electrons. The first-order chi connectivity index (χ1) is 15.5. The number of methoxy groups -OCH3 is 1. The average molecular weight is 453 g/mol. The summed E-state index contributed by atoms with van der Waals surface area (Å²) < 4.78 is 15.4. The van der Waals surface area contributed by atoms with Crippen molar-refractivity contribution in [1.82, 2.24) is 15.0 Å². The predicted octanol–water partition coefficient (Wildman–Crippen LogP) is 3.71. The molecule has 0 aliphatic heterocycles. The maximum Gasteiger partial charge on any atom is 0.338 e. The second kappa shape index (κ2) is 9.32. The van der Waals surface area contributed by atoms with E-state index in [1.807, 2.05) is 20.8 Å². The molecule has 0 bridgehead atoms. The lowest BCUT2D eigenvalue weighted by Gasteiger charge is -2.22. The molecule has 0 aliphatic rings. The van der Waals surface area contributed by atoms with Crippen molar-refractivity contribution in [3.63, 3.8) is 0 Å². The molecule has 3 aromatic rings. The Bertz CT molecular complexity index is 1220. The van der Waals surface area contributed by atoms with Gasteiger partial charge in [-0.2, -0.15) is 0 Å². The summed E-state index contributed by atoms with van der Waals surface area (Å²) in [6.45, 7) is 10.8. The summed E-state index contributed by atoms with van der Waals surface area (Å²) in [4.78, 5) is 25.0. The number of hydrogen-bond donors (Lipinski definition) is 1. The lowest BCUT2D eigenvalue weighted by molar-refractivity contribution is -0.140. The number of benzene rings is 2. The quantitative estimate of drug-likeness (QED) is 0.327. The summed E-state index contributed by atoms with van der Waals surface area (Å²) >= 11 is 0. The van der Waals surface area contributed by atoms with Crippen molar-refractivity contribution in [1.29, 1.82) is 0 Å². The van der Waals surface area contributed by atoms with E-state index in [2.05, 4.69) is 16.8 Å². The molecule has 0 atom stereocenters. The second-order valence-corrected chi connectivity index (χ2v) is 8.54. The molecule has 0 saturated heterocycles. The van der Waals surface area contributed by atoms with Gasteiger partial charge in [-0.3, -0.25) is 0 Å². The molecule has 33 heavy (non-hydrogen) atoms. The Hall–Kier alpha value is -3.88. The van der Waals surface area contributed by atoms with Crippen LogP contribution in [0.3, 0.4) is 0 Å². The number of esters is 2. The van der Waals surface area contributed by atoms with Crippen LogP contribution in [0.25, 0.3) is 16.7 Å². The van der Waals surface area contributed by atoms with Gasteiger partial charge in [0.1, 0.15) is 41.4 Å². The second-order valence-electron chi connectivity index (χ2n) is 8.54. The Morgan fingerprint density at radius 3 is 2.36 bits per heavy atom. The molecule has 3 rings (SSSR count). The number of carbonyl (C=O) groups excluding carboxylic acids is 2. The molecule has 0 saturated carbocycles. The summed E-state index contributed by atoms with van der Waals surface area (Å²) in [6.07, 6.45) is 0. The molecule has 1 heterocycles. The first kappa shape index (κ1) is 23.8. The van der Waals surface area contributed by atoms with E-state index in [1.165, 1.54) is 11.7 Å². The van der Waals surface area contributed by atoms with Gasteiger partial charge in [0.25, 0.3) is 0 Å². The van der Waals surface area contributed by atoms with Crippen LogP contribution in [-0.2, 0) is 19.7 Å². The van der Waals surface area contributed by atoms with Crippen molar-refractivity contribution in [2.75, 3.05) is 20.3 Å². The highest BCUT2D eigenvalue weighted by atomic mass is 16.6. The molecule has 174 valence electrons. The number of aromatic nitrogens is 3. The monoisotopic (exact) mass is 453 g/mol. The molecule has 0 amide bonds. The molecular formula is C24H27N3O6. The Morgan fingerprint density at radius 1 is 1.06 bits per heavy atom. The van der Waals surface area contributed by atoms with Crippen molar-refractivity contribution < 1.29 is 28.9 Å². The van der Waals surface area contributed by atoms with Crippen molar-refractivity contribution in [3.05, 3.63) is 53.6 Å². The van der Waals surface area contributed by atoms with Crippen molar-refractivity contribution in [2.24, 2.45) is 0 Å². The minimum atomic E-state index is -0.586. The fourth-order valence-electron chi connectivity index (χ4n) is 3.06. The lowest BCUT2D eigenvalue weighted by atomic mass is 9.86. The van der Waals surface area contributed by atoms with Crippen LogP contribution in [0.4, 0.5) is 0 Å². The maximum atomic E-state index is 12.3. The molecule has 2 aromatic carbocycles. The Kier molecular flexibility index (Phi) is 6.71. The normalized spacial score (nSPS) is 11.3. The lowest BCUT2D eigenvalue weighted by Crippen LogP contribution is -2.14. The molecule has 1 N–H and O–H groups in total. The number of ether oxygens (including phenoxy) is 3. The van der Waals surface area contributed by atoms with E-state index in [0.29, 0.717) is 28.0 Å². The van der Waals surface area contributed by atoms with Gasteiger partial charge in [-0.25, -0.2) is 9.59 Å². The highest BCUT2D eigenvalue weighted by molar-refractivity contribution is 5.93. The number of fused-ring (bicyclic) bond motifs is 1. The number of phenols is 1. The Morgan fingerprint density at radius 2 is 1.73 bits per heavy atom. The van der Waals surface area contributed by atoms with E-state index < -0.39 is 11.9 Å². The zero-order valence-corrected chi connectivity index (χ0v) is 19.3. The van der Waals surface area contributed by atoms with E-state index in [4.69, 9.17) is 14.2 Å². The molecule has 9 nitrogen and oxygen atoms in total. The molecular weight excluding hydrogens is 426 g/mol. The molecule has 9 heteroatoms. The first-order valence-electron chi connectivity index (χ1n) is 10.3. The summed E-state index contributed by atoms with van der Waals surface area (Å²) in [5.41, 5.74) is 2.22. The van der Waals surface area contributed by atoms with Gasteiger partial charge in [-0.1, -0.05) is 27.4 Å². The van der Waals surface area contributed by atoms with Gasteiger partial charge in [0.05, 0.1) is 12.7 Å². The van der Waals surface area contributed by atoms with Crippen molar-refractivity contribution >= 4 is 23.0 Å². The summed E-state index contributed by atoms with van der Waals surface area (Å²) in [7, 11) is 1.55. The first-order valence-corrected chi connectivity index (χ1v) is 10.3. The van der Waals surface area contributed by atoms with E-state index in [1.54, 1.807) is 37.4 Å². The van der Waals surface area contributed by atoms with Gasteiger partial charge in [-0.15, -0.1) is 15.0 Å². The zero-order valence-electron chi connectivity index (χ0n) is 19.3. The van der Waals surface area contributed by atoms with Gasteiger partial charge in [0, 0.05) is 17.2 Å². The van der Waals surface area contributed by atoms with Crippen molar-refractivity contribution in [2.45, 2.75) is 33.1 Å². The van der Waals surface area contributed by atoms with Gasteiger partial charge in [0.15, 0.2) is 0 Å². The third-order valence-corrected chi connectivity index (χ3v) is 4.84. The van der Waals surface area contributed by atoms with Gasteiger partial charge < -0.3 is 19.3 Å². The minimum Gasteiger partial charge on any atom is -0.505 e. The third-order valence-electron chi connectivity index (χ3n) is 4.84. The third kappa shape index (κ3) is 5.31. The summed E-state index contributed by atoms with van der Waals surface area (Å²) in [5, 5.41) is 19.7. The van der Waals surface area contributed by atoms with E-state index in [-0.39, 0.29) is 35.5 Å². The molecule has 0 aliphatic carbocycles. The molecule has 1 aromatic heterocycles. The number of phenolic OH excluding ortho intramolecular Hbond substituents is 1. The maximum absolute atomic E-state index is 12.3. The van der Waals surface area contributed by atoms with Crippen LogP contribution in [0.15, 0.2) is 42.5 Å². The molecule has 0 spiro atoms. The molecule has 0 fully saturated rings. The minimum absolute atomic E-state index is 0.0487. The van der Waals surface area contributed by atoms with E-state index in [0.717, 1.165) is 0 Å². The summed E-state index contributed by atoms with van der Waals surface area (Å²) in [5.74, 6) is -0.519. The number of hydrogen-bond acceptors (Lipinski definition) is 8. The van der Waals surface area contributed by atoms with Crippen LogP contribution in [-0.4, -0.2) is 52.4 Å². The average Bonchev–Trinajstić information content (AvgIpc) is 3.18. The van der Waals surface area contributed by atoms with E-state index >= 15 is 0 Å². The highest BCUT2D eigenvalue weighted by Gasteiger charge is 2.24. The number of carbonyl (C=O) groups is 2. The van der Waals surface area contributed by atoms with Crippen molar-refractivity contribution in [3.8, 4) is 17.2 Å². The number of rotatable bonds is 7. The standard InChI is InChI=1S/C24H27N3O6/c1-14(2)22(29)32-9-10-33-23(30)15-7-8-18-19(11-15)26-27(25-18)20-13-16(31-6)12-17(21(20)28)24(3,4)5/h7-8,11-13,28H,1,9-10H2,2-6H3. The topological polar surface area (TPSA) is 113 Å². The van der Waals surface area contributed by atoms with Crippen LogP contribution >= 0.6 is 0 Å². The van der Waals surface area contributed by atoms with Crippen LogP contribution in [0.5, 0.6) is 11.5 Å². The molecule has 0 unspecified atom stereocenters. The fraction of sp³-hybridized carbons (Fsp3) is 0.333. The fourth-order valence-corrected chi connectivity index (χ4v) is 3.06. The highest BCUT2D eigenvalue weighted by Crippen LogP contribution is 2.38. The van der Waals surface area contributed by atoms with Gasteiger partial charge >= 0.3 is 11.9 Å². The largest absolute Gasteiger partial charge is 0.505 e.